The number of anilines is 1. The number of benzene rings is 1. The number of carbonyl (C=O) groups excluding carboxylic acids is 1. The van der Waals surface area contributed by atoms with Crippen LogP contribution in [0.2, 0.25) is 0 Å². The molecule has 2 rings (SSSR count). The lowest BCUT2D eigenvalue weighted by molar-refractivity contribution is -0.135. The number of amides is 2. The average molecular weight is 355 g/mol. The van der Waals surface area contributed by atoms with Gasteiger partial charge in [-0.25, -0.2) is 9.78 Å². The highest BCUT2D eigenvalue weighted by Gasteiger charge is 2.28. The van der Waals surface area contributed by atoms with Crippen molar-refractivity contribution in [1.29, 1.82) is 0 Å². The van der Waals surface area contributed by atoms with Crippen molar-refractivity contribution in [2.75, 3.05) is 18.9 Å². The van der Waals surface area contributed by atoms with E-state index in [0.717, 1.165) is 9.80 Å². The Morgan fingerprint density at radius 1 is 1.21 bits per heavy atom. The molecule has 0 radical (unpaired) electrons. The second-order valence-corrected chi connectivity index (χ2v) is 6.05. The van der Waals surface area contributed by atoms with E-state index in [2.05, 4.69) is 10.3 Å². The van der Waals surface area contributed by atoms with Gasteiger partial charge in [0.15, 0.2) is 0 Å². The van der Waals surface area contributed by atoms with Crippen molar-refractivity contribution in [3.63, 3.8) is 0 Å². The second-order valence-electron chi connectivity index (χ2n) is 4.99. The van der Waals surface area contributed by atoms with Gasteiger partial charge in [-0.15, -0.1) is 0 Å². The standard InChI is InChI=1S/C16H16F3N3OS/c1-22(11-9-16(17,18)19)15(23)21-13-8-5-10-20-14(13)24-12-6-3-2-4-7-12/h2-8,10H,9,11H2,1H3,(H,21,23). The van der Waals surface area contributed by atoms with Crippen LogP contribution in [0.5, 0.6) is 0 Å². The highest BCUT2D eigenvalue weighted by atomic mass is 32.2. The van der Waals surface area contributed by atoms with E-state index in [1.165, 1.54) is 18.8 Å². The number of nitrogens with zero attached hydrogens (tertiary/aromatic N) is 2. The van der Waals surface area contributed by atoms with Gasteiger partial charge in [0.25, 0.3) is 0 Å². The maximum Gasteiger partial charge on any atom is 0.390 e. The molecule has 1 heterocycles. The molecule has 1 aromatic heterocycles. The fourth-order valence-electron chi connectivity index (χ4n) is 1.77. The van der Waals surface area contributed by atoms with E-state index in [-0.39, 0.29) is 0 Å². The average Bonchev–Trinajstić information content (AvgIpc) is 2.54. The Balaban J connectivity index is 2.03. The van der Waals surface area contributed by atoms with Crippen molar-refractivity contribution in [2.24, 2.45) is 0 Å². The quantitative estimate of drug-likeness (QED) is 0.849. The van der Waals surface area contributed by atoms with Gasteiger partial charge < -0.3 is 10.2 Å². The Bertz CT molecular complexity index is 680. The molecule has 24 heavy (non-hydrogen) atoms. The van der Waals surface area contributed by atoms with E-state index in [0.29, 0.717) is 10.7 Å². The van der Waals surface area contributed by atoms with Gasteiger partial charge in [-0.1, -0.05) is 30.0 Å². The number of nitrogens with one attached hydrogen (secondary N) is 1. The highest BCUT2D eigenvalue weighted by molar-refractivity contribution is 7.99. The smallest absolute Gasteiger partial charge is 0.327 e. The summed E-state index contributed by atoms with van der Waals surface area (Å²) in [6, 6.07) is 12.2. The summed E-state index contributed by atoms with van der Waals surface area (Å²) in [5.74, 6) is 0. The summed E-state index contributed by atoms with van der Waals surface area (Å²) in [5, 5.41) is 3.17. The maximum atomic E-state index is 12.2. The molecule has 0 atom stereocenters. The van der Waals surface area contributed by atoms with Gasteiger partial charge in [0.1, 0.15) is 5.03 Å². The van der Waals surface area contributed by atoms with Crippen molar-refractivity contribution in [1.82, 2.24) is 9.88 Å². The van der Waals surface area contributed by atoms with Gasteiger partial charge in [-0.2, -0.15) is 13.2 Å². The van der Waals surface area contributed by atoms with Gasteiger partial charge in [0.05, 0.1) is 12.1 Å². The van der Waals surface area contributed by atoms with Crippen molar-refractivity contribution in [2.45, 2.75) is 22.5 Å². The van der Waals surface area contributed by atoms with Crippen molar-refractivity contribution >= 4 is 23.5 Å². The van der Waals surface area contributed by atoms with Crippen LogP contribution in [-0.4, -0.2) is 35.7 Å². The summed E-state index contributed by atoms with van der Waals surface area (Å²) < 4.78 is 36.7. The summed E-state index contributed by atoms with van der Waals surface area (Å²) in [7, 11) is 1.32. The van der Waals surface area contributed by atoms with Crippen LogP contribution in [-0.2, 0) is 0 Å². The number of urea groups is 1. The molecule has 0 saturated heterocycles. The SMILES string of the molecule is CN(CCC(F)(F)F)C(=O)Nc1cccnc1Sc1ccccc1. The normalized spacial score (nSPS) is 11.2. The van der Waals surface area contributed by atoms with Gasteiger partial charge in [-0.05, 0) is 24.3 Å². The molecule has 1 N–H and O–H groups in total. The van der Waals surface area contributed by atoms with Crippen molar-refractivity contribution in [3.05, 3.63) is 48.7 Å². The number of rotatable bonds is 5. The first-order valence-electron chi connectivity index (χ1n) is 7.12. The van der Waals surface area contributed by atoms with Crippen LogP contribution in [0.25, 0.3) is 0 Å². The van der Waals surface area contributed by atoms with Crippen LogP contribution in [0.15, 0.2) is 58.6 Å². The zero-order chi connectivity index (χ0) is 17.6. The van der Waals surface area contributed by atoms with Crippen molar-refractivity contribution < 1.29 is 18.0 Å². The molecular formula is C16H16F3N3OS. The number of aromatic nitrogens is 1. The molecule has 8 heteroatoms. The summed E-state index contributed by atoms with van der Waals surface area (Å²) in [6.07, 6.45) is -3.75. The fraction of sp³-hybridized carbons (Fsp3) is 0.250. The van der Waals surface area contributed by atoms with Crippen LogP contribution < -0.4 is 5.32 Å². The molecule has 0 bridgehead atoms. The predicted octanol–water partition coefficient (Wildman–Crippen LogP) is 4.65. The predicted molar refractivity (Wildman–Crippen MR) is 87.1 cm³/mol. The Kier molecular flexibility index (Phi) is 6.08. The summed E-state index contributed by atoms with van der Waals surface area (Å²) in [6.45, 7) is -0.406. The third-order valence-electron chi connectivity index (χ3n) is 3.05. The van der Waals surface area contributed by atoms with E-state index in [4.69, 9.17) is 0 Å². The molecule has 0 spiro atoms. The third kappa shape index (κ3) is 5.77. The lowest BCUT2D eigenvalue weighted by Gasteiger charge is -2.19. The van der Waals surface area contributed by atoms with Gasteiger partial charge in [-0.3, -0.25) is 0 Å². The monoisotopic (exact) mass is 355 g/mol. The van der Waals surface area contributed by atoms with Crippen LogP contribution in [0, 0.1) is 0 Å². The molecule has 0 aliphatic carbocycles. The summed E-state index contributed by atoms with van der Waals surface area (Å²) in [5.41, 5.74) is 0.454. The molecule has 0 aliphatic heterocycles. The van der Waals surface area contributed by atoms with Gasteiger partial charge >= 0.3 is 12.2 Å². The van der Waals surface area contributed by atoms with Crippen molar-refractivity contribution in [3.8, 4) is 0 Å². The zero-order valence-corrected chi connectivity index (χ0v) is 13.7. The van der Waals surface area contributed by atoms with Crippen LogP contribution in [0.4, 0.5) is 23.7 Å². The minimum absolute atomic E-state index is 0.406. The van der Waals surface area contributed by atoms with Gasteiger partial charge in [0, 0.05) is 24.7 Å². The Morgan fingerprint density at radius 3 is 2.58 bits per heavy atom. The fourth-order valence-corrected chi connectivity index (χ4v) is 2.63. The molecule has 1 aromatic carbocycles. The molecule has 2 aromatic rings. The lowest BCUT2D eigenvalue weighted by Crippen LogP contribution is -2.34. The lowest BCUT2D eigenvalue weighted by atomic mass is 10.4. The Hall–Kier alpha value is -2.22. The first-order chi connectivity index (χ1) is 11.3. The molecule has 0 fully saturated rings. The van der Waals surface area contributed by atoms with E-state index in [9.17, 15) is 18.0 Å². The topological polar surface area (TPSA) is 45.2 Å². The number of hydrogen-bond donors (Lipinski definition) is 1. The van der Waals surface area contributed by atoms with E-state index in [1.54, 1.807) is 18.3 Å². The largest absolute Gasteiger partial charge is 0.390 e. The second kappa shape index (κ2) is 8.05. The van der Waals surface area contributed by atoms with Crippen LogP contribution in [0.1, 0.15) is 6.42 Å². The Morgan fingerprint density at radius 2 is 1.92 bits per heavy atom. The van der Waals surface area contributed by atoms with Crippen LogP contribution in [0.3, 0.4) is 0 Å². The number of alkyl halides is 3. The first-order valence-corrected chi connectivity index (χ1v) is 7.93. The number of halogens is 3. The minimum Gasteiger partial charge on any atom is -0.327 e. The highest BCUT2D eigenvalue weighted by Crippen LogP contribution is 2.31. The molecule has 0 aliphatic rings. The number of pyridine rings is 1. The zero-order valence-electron chi connectivity index (χ0n) is 12.9. The molecule has 128 valence electrons. The van der Waals surface area contributed by atoms with Crippen LogP contribution >= 0.6 is 11.8 Å². The molecule has 4 nitrogen and oxygen atoms in total. The van der Waals surface area contributed by atoms with E-state index >= 15 is 0 Å². The summed E-state index contributed by atoms with van der Waals surface area (Å²) in [4.78, 5) is 18.2. The summed E-state index contributed by atoms with van der Waals surface area (Å²) >= 11 is 1.36. The van der Waals surface area contributed by atoms with Gasteiger partial charge in [0.2, 0.25) is 0 Å². The molecule has 0 unspecified atom stereocenters. The molecular weight excluding hydrogens is 339 g/mol. The minimum atomic E-state index is -4.29. The Labute approximate surface area is 142 Å². The molecule has 0 saturated carbocycles. The molecule has 2 amide bonds. The van der Waals surface area contributed by atoms with E-state index in [1.807, 2.05) is 30.3 Å². The number of hydrogen-bond acceptors (Lipinski definition) is 3. The first kappa shape index (κ1) is 18.1. The van der Waals surface area contributed by atoms with E-state index < -0.39 is 25.2 Å². The third-order valence-corrected chi connectivity index (χ3v) is 4.07. The maximum absolute atomic E-state index is 12.2. The number of carbonyl (C=O) groups is 1.